The number of ether oxygens (including phenoxy) is 2. The number of hydrogen-bond donors (Lipinski definition) is 0. The summed E-state index contributed by atoms with van der Waals surface area (Å²) < 4.78 is 10.3. The molecule has 1 aromatic rings. The lowest BCUT2D eigenvalue weighted by Crippen LogP contribution is -2.29. The fraction of sp³-hybridized carbons (Fsp3) is 0.467. The molecule has 0 aliphatic carbocycles. The lowest BCUT2D eigenvalue weighted by molar-refractivity contribution is -0.189. The van der Waals surface area contributed by atoms with Crippen LogP contribution in [0.1, 0.15) is 45.1 Å². The zero-order valence-electron chi connectivity index (χ0n) is 11.6. The van der Waals surface area contributed by atoms with Crippen LogP contribution < -0.4 is 0 Å². The fourth-order valence-corrected chi connectivity index (χ4v) is 1.99. The summed E-state index contributed by atoms with van der Waals surface area (Å²) >= 11 is 0. The van der Waals surface area contributed by atoms with Crippen molar-refractivity contribution in [2.75, 3.05) is 0 Å². The van der Waals surface area contributed by atoms with Gasteiger partial charge >= 0.3 is 11.9 Å². The average molecular weight is 264 g/mol. The topological polar surface area (TPSA) is 52.6 Å². The van der Waals surface area contributed by atoms with Gasteiger partial charge in [-0.2, -0.15) is 0 Å². The molecule has 0 saturated carbocycles. The van der Waals surface area contributed by atoms with E-state index in [1.165, 1.54) is 13.8 Å². The zero-order valence-corrected chi connectivity index (χ0v) is 11.6. The number of carbonyl (C=O) groups excluding carboxylic acids is 2. The summed E-state index contributed by atoms with van der Waals surface area (Å²) in [6.45, 7) is 4.66. The standard InChI is InChI=1S/C15H20O4/c1-4-8-14(13-9-6-5-7-10-13)15(18-11(2)16)19-12(3)17/h5-7,9-10,14-15H,4,8H2,1-3H3/t14-/m1/s1. The van der Waals surface area contributed by atoms with E-state index < -0.39 is 18.2 Å². The van der Waals surface area contributed by atoms with Crippen molar-refractivity contribution in [2.24, 2.45) is 0 Å². The van der Waals surface area contributed by atoms with Gasteiger partial charge in [-0.1, -0.05) is 43.7 Å². The second-order valence-corrected chi connectivity index (χ2v) is 4.39. The molecule has 0 aliphatic heterocycles. The molecular formula is C15H20O4. The Kier molecular flexibility index (Phi) is 6.06. The van der Waals surface area contributed by atoms with E-state index in [1.807, 2.05) is 37.3 Å². The Balaban J connectivity index is 2.97. The molecule has 0 N–H and O–H groups in total. The smallest absolute Gasteiger partial charge is 0.305 e. The molecule has 0 saturated heterocycles. The van der Waals surface area contributed by atoms with Crippen molar-refractivity contribution in [3.8, 4) is 0 Å². The van der Waals surface area contributed by atoms with Crippen molar-refractivity contribution in [1.29, 1.82) is 0 Å². The second kappa shape index (κ2) is 7.56. The monoisotopic (exact) mass is 264 g/mol. The molecule has 1 aromatic carbocycles. The van der Waals surface area contributed by atoms with E-state index in [-0.39, 0.29) is 5.92 Å². The van der Waals surface area contributed by atoms with Gasteiger partial charge in [0, 0.05) is 13.8 Å². The molecule has 19 heavy (non-hydrogen) atoms. The molecular weight excluding hydrogens is 244 g/mol. The Hall–Kier alpha value is -1.84. The minimum absolute atomic E-state index is 0.140. The van der Waals surface area contributed by atoms with E-state index in [2.05, 4.69) is 0 Å². The van der Waals surface area contributed by atoms with Crippen molar-refractivity contribution < 1.29 is 19.1 Å². The molecule has 4 nitrogen and oxygen atoms in total. The van der Waals surface area contributed by atoms with Gasteiger partial charge in [-0.05, 0) is 12.0 Å². The minimum Gasteiger partial charge on any atom is -0.425 e. The first-order valence-corrected chi connectivity index (χ1v) is 6.44. The maximum Gasteiger partial charge on any atom is 0.305 e. The summed E-state index contributed by atoms with van der Waals surface area (Å²) in [5.41, 5.74) is 0.997. The quantitative estimate of drug-likeness (QED) is 0.585. The third-order valence-corrected chi connectivity index (χ3v) is 2.72. The number of hydrogen-bond acceptors (Lipinski definition) is 4. The molecule has 0 aromatic heterocycles. The summed E-state index contributed by atoms with van der Waals surface area (Å²) in [4.78, 5) is 22.3. The van der Waals surface area contributed by atoms with Gasteiger partial charge < -0.3 is 9.47 Å². The van der Waals surface area contributed by atoms with Gasteiger partial charge in [0.05, 0.1) is 5.92 Å². The zero-order chi connectivity index (χ0) is 14.3. The Labute approximate surface area is 113 Å². The molecule has 4 heteroatoms. The summed E-state index contributed by atoms with van der Waals surface area (Å²) in [6.07, 6.45) is 0.811. The Morgan fingerprint density at radius 1 is 1.05 bits per heavy atom. The highest BCUT2D eigenvalue weighted by Crippen LogP contribution is 2.28. The van der Waals surface area contributed by atoms with Crippen LogP contribution in [-0.4, -0.2) is 18.2 Å². The third-order valence-electron chi connectivity index (χ3n) is 2.72. The van der Waals surface area contributed by atoms with Crippen LogP contribution in [0, 0.1) is 0 Å². The highest BCUT2D eigenvalue weighted by molar-refractivity contribution is 5.68. The van der Waals surface area contributed by atoms with Crippen molar-refractivity contribution in [2.45, 2.75) is 45.8 Å². The molecule has 0 heterocycles. The minimum atomic E-state index is -0.864. The van der Waals surface area contributed by atoms with Gasteiger partial charge in [-0.3, -0.25) is 9.59 Å². The van der Waals surface area contributed by atoms with Crippen LogP contribution in [0.25, 0.3) is 0 Å². The van der Waals surface area contributed by atoms with Crippen LogP contribution in [0.4, 0.5) is 0 Å². The van der Waals surface area contributed by atoms with Crippen LogP contribution in [-0.2, 0) is 19.1 Å². The van der Waals surface area contributed by atoms with Crippen molar-refractivity contribution in [3.63, 3.8) is 0 Å². The van der Waals surface area contributed by atoms with E-state index in [1.54, 1.807) is 0 Å². The first-order chi connectivity index (χ1) is 9.04. The molecule has 1 rings (SSSR count). The van der Waals surface area contributed by atoms with Gasteiger partial charge in [0.2, 0.25) is 0 Å². The number of benzene rings is 1. The second-order valence-electron chi connectivity index (χ2n) is 4.39. The highest BCUT2D eigenvalue weighted by atomic mass is 16.7. The van der Waals surface area contributed by atoms with Gasteiger partial charge in [0.15, 0.2) is 0 Å². The van der Waals surface area contributed by atoms with Gasteiger partial charge in [-0.25, -0.2) is 0 Å². The van der Waals surface area contributed by atoms with Crippen LogP contribution in [0.2, 0.25) is 0 Å². The number of esters is 2. The van der Waals surface area contributed by atoms with Crippen molar-refractivity contribution >= 4 is 11.9 Å². The first-order valence-electron chi connectivity index (χ1n) is 6.44. The molecule has 104 valence electrons. The van der Waals surface area contributed by atoms with E-state index in [9.17, 15) is 9.59 Å². The van der Waals surface area contributed by atoms with Crippen LogP contribution in [0.5, 0.6) is 0 Å². The lowest BCUT2D eigenvalue weighted by Gasteiger charge is -2.26. The van der Waals surface area contributed by atoms with E-state index in [0.717, 1.165) is 18.4 Å². The Bertz CT molecular complexity index is 397. The molecule has 1 atom stereocenters. The van der Waals surface area contributed by atoms with Crippen LogP contribution in [0.3, 0.4) is 0 Å². The normalized spacial score (nSPS) is 12.0. The SMILES string of the molecule is CCC[C@H](c1ccccc1)C(OC(C)=O)OC(C)=O. The summed E-state index contributed by atoms with van der Waals surface area (Å²) in [6, 6.07) is 9.63. The Morgan fingerprint density at radius 3 is 2.00 bits per heavy atom. The van der Waals surface area contributed by atoms with Gasteiger partial charge in [0.1, 0.15) is 0 Å². The maximum absolute atomic E-state index is 11.2. The first kappa shape index (κ1) is 15.2. The third kappa shape index (κ3) is 5.12. The maximum atomic E-state index is 11.2. The summed E-state index contributed by atoms with van der Waals surface area (Å²) in [5.74, 6) is -1.05. The molecule has 0 fully saturated rings. The van der Waals surface area contributed by atoms with Crippen LogP contribution in [0.15, 0.2) is 30.3 Å². The molecule has 0 aliphatic rings. The van der Waals surface area contributed by atoms with Crippen molar-refractivity contribution in [3.05, 3.63) is 35.9 Å². The molecule has 0 amide bonds. The predicted molar refractivity (Wildman–Crippen MR) is 71.4 cm³/mol. The molecule has 0 spiro atoms. The number of rotatable bonds is 6. The van der Waals surface area contributed by atoms with Gasteiger partial charge in [0.25, 0.3) is 6.29 Å². The van der Waals surface area contributed by atoms with Gasteiger partial charge in [-0.15, -0.1) is 0 Å². The van der Waals surface area contributed by atoms with E-state index in [0.29, 0.717) is 0 Å². The molecule has 0 unspecified atom stereocenters. The molecule has 0 radical (unpaired) electrons. The molecule has 0 bridgehead atoms. The average Bonchev–Trinajstić information content (AvgIpc) is 2.35. The Morgan fingerprint density at radius 2 is 1.58 bits per heavy atom. The van der Waals surface area contributed by atoms with Crippen molar-refractivity contribution in [1.82, 2.24) is 0 Å². The van der Waals surface area contributed by atoms with Crippen LogP contribution >= 0.6 is 0 Å². The lowest BCUT2D eigenvalue weighted by atomic mass is 9.94. The fourth-order valence-electron chi connectivity index (χ4n) is 1.99. The highest BCUT2D eigenvalue weighted by Gasteiger charge is 2.27. The van der Waals surface area contributed by atoms with E-state index >= 15 is 0 Å². The predicted octanol–water partition coefficient (Wildman–Crippen LogP) is 3.02. The summed E-state index contributed by atoms with van der Waals surface area (Å²) in [5, 5.41) is 0. The summed E-state index contributed by atoms with van der Waals surface area (Å²) in [7, 11) is 0. The number of carbonyl (C=O) groups is 2. The largest absolute Gasteiger partial charge is 0.425 e. The van der Waals surface area contributed by atoms with E-state index in [4.69, 9.17) is 9.47 Å².